The molecule has 108 valence electrons. The zero-order chi connectivity index (χ0) is 15.1. The van der Waals surface area contributed by atoms with Crippen LogP contribution in [-0.2, 0) is 9.53 Å². The third-order valence-corrected chi connectivity index (χ3v) is 3.31. The predicted molar refractivity (Wildman–Crippen MR) is 85.9 cm³/mol. The second-order valence-electron chi connectivity index (χ2n) is 5.04. The van der Waals surface area contributed by atoms with E-state index in [-0.39, 0.29) is 18.0 Å². The molecule has 2 aromatic rings. The van der Waals surface area contributed by atoms with E-state index in [1.165, 1.54) is 0 Å². The van der Waals surface area contributed by atoms with Crippen molar-refractivity contribution in [2.75, 3.05) is 0 Å². The van der Waals surface area contributed by atoms with Crippen LogP contribution < -0.4 is 0 Å². The molecular weight excluding hydrogens is 260 g/mol. The Balaban J connectivity index is 1.92. The standard InChI is InChI=1S/C19H20O2/c1-15(13-14-17-9-5-3-6-10-17)21-19(20)16(2)18-11-7-4-8-12-18/h3-16H,1-2H3/b14-13+/t15-,16+/m1/s1. The molecule has 0 aliphatic heterocycles. The number of ether oxygens (including phenoxy) is 1. The first-order chi connectivity index (χ1) is 10.2. The summed E-state index contributed by atoms with van der Waals surface area (Å²) in [5, 5.41) is 0. The van der Waals surface area contributed by atoms with E-state index in [2.05, 4.69) is 0 Å². The lowest BCUT2D eigenvalue weighted by Gasteiger charge is -2.14. The topological polar surface area (TPSA) is 26.3 Å². The van der Waals surface area contributed by atoms with Crippen LogP contribution in [0.25, 0.3) is 6.08 Å². The second kappa shape index (κ2) is 7.44. The Morgan fingerprint density at radius 3 is 2.14 bits per heavy atom. The molecule has 0 N–H and O–H groups in total. The molecule has 2 atom stereocenters. The summed E-state index contributed by atoms with van der Waals surface area (Å²) in [6.45, 7) is 3.74. The number of carbonyl (C=O) groups is 1. The quantitative estimate of drug-likeness (QED) is 0.757. The van der Waals surface area contributed by atoms with Crippen molar-refractivity contribution in [1.82, 2.24) is 0 Å². The Hall–Kier alpha value is -2.35. The van der Waals surface area contributed by atoms with E-state index in [0.717, 1.165) is 11.1 Å². The molecule has 2 nitrogen and oxygen atoms in total. The molecule has 0 spiro atoms. The molecule has 0 bridgehead atoms. The van der Waals surface area contributed by atoms with E-state index in [1.54, 1.807) is 0 Å². The van der Waals surface area contributed by atoms with Gasteiger partial charge in [0.2, 0.25) is 0 Å². The van der Waals surface area contributed by atoms with E-state index >= 15 is 0 Å². The molecule has 2 heteroatoms. The molecule has 0 saturated carbocycles. The van der Waals surface area contributed by atoms with Gasteiger partial charge in [-0.05, 0) is 31.1 Å². The van der Waals surface area contributed by atoms with E-state index in [4.69, 9.17) is 4.74 Å². The summed E-state index contributed by atoms with van der Waals surface area (Å²) in [5.41, 5.74) is 2.07. The summed E-state index contributed by atoms with van der Waals surface area (Å²) in [7, 11) is 0. The third kappa shape index (κ3) is 4.60. The van der Waals surface area contributed by atoms with E-state index in [0.29, 0.717) is 0 Å². The maximum absolute atomic E-state index is 12.1. The van der Waals surface area contributed by atoms with Gasteiger partial charge in [-0.15, -0.1) is 0 Å². The van der Waals surface area contributed by atoms with E-state index < -0.39 is 0 Å². The highest BCUT2D eigenvalue weighted by Gasteiger charge is 2.17. The van der Waals surface area contributed by atoms with Crippen molar-refractivity contribution in [3.63, 3.8) is 0 Å². The molecule has 0 aromatic heterocycles. The van der Waals surface area contributed by atoms with Gasteiger partial charge in [0.25, 0.3) is 0 Å². The van der Waals surface area contributed by atoms with Gasteiger partial charge in [-0.3, -0.25) is 4.79 Å². The van der Waals surface area contributed by atoms with Crippen molar-refractivity contribution in [2.45, 2.75) is 25.9 Å². The monoisotopic (exact) mass is 280 g/mol. The van der Waals surface area contributed by atoms with Crippen molar-refractivity contribution in [3.8, 4) is 0 Å². The third-order valence-electron chi connectivity index (χ3n) is 3.31. The molecule has 0 saturated heterocycles. The van der Waals surface area contributed by atoms with Gasteiger partial charge in [0.15, 0.2) is 0 Å². The van der Waals surface area contributed by atoms with Crippen molar-refractivity contribution in [2.24, 2.45) is 0 Å². The molecule has 0 aliphatic rings. The van der Waals surface area contributed by atoms with Crippen LogP contribution in [0.15, 0.2) is 66.7 Å². The minimum atomic E-state index is -0.251. The highest BCUT2D eigenvalue weighted by Crippen LogP contribution is 2.17. The largest absolute Gasteiger partial charge is 0.458 e. The Bertz CT molecular complexity index is 587. The van der Waals surface area contributed by atoms with Crippen LogP contribution in [0.3, 0.4) is 0 Å². The minimum Gasteiger partial charge on any atom is -0.458 e. The lowest BCUT2D eigenvalue weighted by molar-refractivity contribution is -0.147. The number of hydrogen-bond donors (Lipinski definition) is 0. The van der Waals surface area contributed by atoms with Crippen molar-refractivity contribution in [3.05, 3.63) is 77.9 Å². The fourth-order valence-corrected chi connectivity index (χ4v) is 2.01. The highest BCUT2D eigenvalue weighted by atomic mass is 16.5. The van der Waals surface area contributed by atoms with Crippen LogP contribution in [-0.4, -0.2) is 12.1 Å². The first-order valence-electron chi connectivity index (χ1n) is 7.15. The van der Waals surface area contributed by atoms with Crippen LogP contribution in [0.1, 0.15) is 30.9 Å². The Morgan fingerprint density at radius 2 is 1.52 bits per heavy atom. The summed E-state index contributed by atoms with van der Waals surface area (Å²) in [4.78, 5) is 12.1. The molecule has 0 heterocycles. The molecule has 0 amide bonds. The van der Waals surface area contributed by atoms with E-state index in [9.17, 15) is 4.79 Å². The molecule has 2 aromatic carbocycles. The Morgan fingerprint density at radius 1 is 0.952 bits per heavy atom. The molecule has 0 fully saturated rings. The zero-order valence-corrected chi connectivity index (χ0v) is 12.4. The number of carbonyl (C=O) groups excluding carboxylic acids is 1. The summed E-state index contributed by atoms with van der Waals surface area (Å²) in [6, 6.07) is 19.6. The molecule has 21 heavy (non-hydrogen) atoms. The summed E-state index contributed by atoms with van der Waals surface area (Å²) >= 11 is 0. The van der Waals surface area contributed by atoms with Crippen molar-refractivity contribution in [1.29, 1.82) is 0 Å². The van der Waals surface area contributed by atoms with Crippen molar-refractivity contribution < 1.29 is 9.53 Å². The van der Waals surface area contributed by atoms with Gasteiger partial charge < -0.3 is 4.74 Å². The molecule has 2 rings (SSSR count). The first-order valence-corrected chi connectivity index (χ1v) is 7.15. The maximum atomic E-state index is 12.1. The first kappa shape index (κ1) is 15.0. The number of rotatable bonds is 5. The number of hydrogen-bond acceptors (Lipinski definition) is 2. The van der Waals surface area contributed by atoms with Gasteiger partial charge >= 0.3 is 5.97 Å². The lowest BCUT2D eigenvalue weighted by atomic mass is 10.0. The zero-order valence-electron chi connectivity index (χ0n) is 12.4. The summed E-state index contributed by atoms with van der Waals surface area (Å²) in [5.74, 6) is -0.454. The van der Waals surface area contributed by atoms with Gasteiger partial charge in [0, 0.05) is 0 Å². The SMILES string of the molecule is C[C@H](/C=C/c1ccccc1)OC(=O)[C@@H](C)c1ccccc1. The molecule has 0 unspecified atom stereocenters. The van der Waals surface area contributed by atoms with Gasteiger partial charge in [-0.2, -0.15) is 0 Å². The Labute approximate surface area is 126 Å². The average molecular weight is 280 g/mol. The maximum Gasteiger partial charge on any atom is 0.313 e. The van der Waals surface area contributed by atoms with Crippen LogP contribution in [0, 0.1) is 0 Å². The second-order valence-corrected chi connectivity index (χ2v) is 5.04. The normalized spacial score (nSPS) is 13.8. The fraction of sp³-hybridized carbons (Fsp3) is 0.211. The highest BCUT2D eigenvalue weighted by molar-refractivity contribution is 5.78. The van der Waals surface area contributed by atoms with Crippen LogP contribution in [0.4, 0.5) is 0 Å². The predicted octanol–water partition coefficient (Wildman–Crippen LogP) is 4.44. The molecule has 0 aliphatic carbocycles. The average Bonchev–Trinajstić information content (AvgIpc) is 2.54. The summed E-state index contributed by atoms with van der Waals surface area (Å²) < 4.78 is 5.46. The van der Waals surface area contributed by atoms with E-state index in [1.807, 2.05) is 86.7 Å². The smallest absolute Gasteiger partial charge is 0.313 e. The number of benzene rings is 2. The van der Waals surface area contributed by atoms with Gasteiger partial charge in [-0.1, -0.05) is 66.7 Å². The lowest BCUT2D eigenvalue weighted by Crippen LogP contribution is -2.18. The number of esters is 1. The van der Waals surface area contributed by atoms with Gasteiger partial charge in [-0.25, -0.2) is 0 Å². The van der Waals surface area contributed by atoms with Crippen LogP contribution in [0.2, 0.25) is 0 Å². The van der Waals surface area contributed by atoms with Crippen LogP contribution >= 0.6 is 0 Å². The fourth-order valence-electron chi connectivity index (χ4n) is 2.01. The van der Waals surface area contributed by atoms with Crippen molar-refractivity contribution >= 4 is 12.0 Å². The Kier molecular flexibility index (Phi) is 5.33. The van der Waals surface area contributed by atoms with Gasteiger partial charge in [0.1, 0.15) is 6.10 Å². The summed E-state index contributed by atoms with van der Waals surface area (Å²) in [6.07, 6.45) is 3.61. The van der Waals surface area contributed by atoms with Crippen LogP contribution in [0.5, 0.6) is 0 Å². The van der Waals surface area contributed by atoms with Gasteiger partial charge in [0.05, 0.1) is 5.92 Å². The molecular formula is C19H20O2. The molecule has 0 radical (unpaired) electrons. The minimum absolute atomic E-state index is 0.202.